The van der Waals surface area contributed by atoms with Gasteiger partial charge in [-0.2, -0.15) is 0 Å². The standard InChI is InChI=1S/C31H50O6/c1-19(11-14-27(34)36-18-28(35)37-21-9-4-5-10-21)22-12-13-23-29-24(17-26(33)31(22,23)3)30(2)15-7-6-8-20(30)16-25(29)32/h19-26,29,32-33H,4-18H2,1-3H3. The van der Waals surface area contributed by atoms with Gasteiger partial charge in [-0.15, -0.1) is 0 Å². The number of esters is 2. The topological polar surface area (TPSA) is 93.1 Å². The molecule has 6 heteroatoms. The summed E-state index contributed by atoms with van der Waals surface area (Å²) in [4.78, 5) is 24.4. The van der Waals surface area contributed by atoms with Crippen LogP contribution < -0.4 is 0 Å². The zero-order chi connectivity index (χ0) is 26.4. The van der Waals surface area contributed by atoms with Crippen LogP contribution in [0.3, 0.4) is 0 Å². The summed E-state index contributed by atoms with van der Waals surface area (Å²) in [6.45, 7) is 6.63. The molecule has 10 unspecified atom stereocenters. The maximum atomic E-state index is 12.4. The Kier molecular flexibility index (Phi) is 8.00. The van der Waals surface area contributed by atoms with E-state index in [0.717, 1.165) is 51.4 Å². The highest BCUT2D eigenvalue weighted by molar-refractivity contribution is 5.76. The number of ether oxygens (including phenoxy) is 2. The predicted molar refractivity (Wildman–Crippen MR) is 140 cm³/mol. The Morgan fingerprint density at radius 2 is 1.65 bits per heavy atom. The fraction of sp³-hybridized carbons (Fsp3) is 0.935. The van der Waals surface area contributed by atoms with Crippen molar-refractivity contribution in [2.24, 2.45) is 46.3 Å². The molecular weight excluding hydrogens is 468 g/mol. The Labute approximate surface area is 223 Å². The minimum atomic E-state index is -0.445. The Morgan fingerprint density at radius 3 is 2.41 bits per heavy atom. The first-order chi connectivity index (χ1) is 17.6. The molecule has 2 N–H and O–H groups in total. The van der Waals surface area contributed by atoms with Crippen LogP contribution in [0.2, 0.25) is 0 Å². The van der Waals surface area contributed by atoms with Gasteiger partial charge in [0.1, 0.15) is 6.10 Å². The van der Waals surface area contributed by atoms with Gasteiger partial charge < -0.3 is 19.7 Å². The number of aliphatic hydroxyl groups is 2. The van der Waals surface area contributed by atoms with E-state index < -0.39 is 5.97 Å². The lowest BCUT2D eigenvalue weighted by Gasteiger charge is -2.63. The lowest BCUT2D eigenvalue weighted by molar-refractivity contribution is -0.201. The molecule has 5 aliphatic carbocycles. The van der Waals surface area contributed by atoms with Gasteiger partial charge in [-0.1, -0.05) is 33.6 Å². The molecule has 210 valence electrons. The summed E-state index contributed by atoms with van der Waals surface area (Å²) in [5.41, 5.74) is 0.0191. The van der Waals surface area contributed by atoms with Crippen molar-refractivity contribution >= 4 is 11.9 Å². The number of hydrogen-bond acceptors (Lipinski definition) is 6. The second kappa shape index (κ2) is 10.8. The first-order valence-electron chi connectivity index (χ1n) is 15.4. The number of fused-ring (bicyclic) bond motifs is 5. The molecule has 0 radical (unpaired) electrons. The molecule has 0 aromatic carbocycles. The van der Waals surface area contributed by atoms with Gasteiger partial charge in [0.05, 0.1) is 12.2 Å². The largest absolute Gasteiger partial charge is 0.460 e. The van der Waals surface area contributed by atoms with Crippen LogP contribution in [0.25, 0.3) is 0 Å². The minimum Gasteiger partial charge on any atom is -0.460 e. The first kappa shape index (κ1) is 27.4. The average Bonchev–Trinajstić information content (AvgIpc) is 3.50. The Bertz CT molecular complexity index is 838. The molecule has 5 fully saturated rings. The lowest BCUT2D eigenvalue weighted by atomic mass is 9.43. The Hall–Kier alpha value is -1.14. The third-order valence-electron chi connectivity index (χ3n) is 12.2. The number of rotatable bonds is 7. The molecule has 0 aromatic rings. The van der Waals surface area contributed by atoms with Crippen molar-refractivity contribution in [2.75, 3.05) is 6.61 Å². The average molecular weight is 519 g/mol. The minimum absolute atomic E-state index is 0.0157. The number of carbonyl (C=O) groups is 2. The molecular formula is C31H50O6. The van der Waals surface area contributed by atoms with E-state index in [9.17, 15) is 19.8 Å². The quantitative estimate of drug-likeness (QED) is 0.437. The van der Waals surface area contributed by atoms with Crippen LogP contribution in [0.5, 0.6) is 0 Å². The van der Waals surface area contributed by atoms with Crippen molar-refractivity contribution < 1.29 is 29.3 Å². The third-order valence-corrected chi connectivity index (χ3v) is 12.2. The summed E-state index contributed by atoms with van der Waals surface area (Å²) < 4.78 is 10.6. The number of hydrogen-bond donors (Lipinski definition) is 2. The fourth-order valence-corrected chi connectivity index (χ4v) is 10.2. The van der Waals surface area contributed by atoms with E-state index in [2.05, 4.69) is 20.8 Å². The summed E-state index contributed by atoms with van der Waals surface area (Å²) in [6.07, 6.45) is 13.1. The van der Waals surface area contributed by atoms with Crippen LogP contribution >= 0.6 is 0 Å². The monoisotopic (exact) mass is 518 g/mol. The van der Waals surface area contributed by atoms with Gasteiger partial charge in [0.15, 0.2) is 6.61 Å². The van der Waals surface area contributed by atoms with Gasteiger partial charge in [-0.25, -0.2) is 4.79 Å². The maximum Gasteiger partial charge on any atom is 0.344 e. The summed E-state index contributed by atoms with van der Waals surface area (Å²) in [7, 11) is 0. The zero-order valence-corrected chi connectivity index (χ0v) is 23.3. The van der Waals surface area contributed by atoms with Crippen molar-refractivity contribution in [1.29, 1.82) is 0 Å². The van der Waals surface area contributed by atoms with Crippen molar-refractivity contribution in [3.63, 3.8) is 0 Å². The van der Waals surface area contributed by atoms with Crippen molar-refractivity contribution in [1.82, 2.24) is 0 Å². The maximum absolute atomic E-state index is 12.4. The predicted octanol–water partition coefficient (Wildman–Crippen LogP) is 5.42. The van der Waals surface area contributed by atoms with Crippen LogP contribution in [-0.2, 0) is 19.1 Å². The van der Waals surface area contributed by atoms with E-state index in [4.69, 9.17) is 9.47 Å². The molecule has 10 atom stereocenters. The van der Waals surface area contributed by atoms with E-state index in [1.165, 1.54) is 25.7 Å². The summed E-state index contributed by atoms with van der Waals surface area (Å²) in [6, 6.07) is 0. The molecule has 6 nitrogen and oxygen atoms in total. The normalized spacial score (nSPS) is 44.4. The molecule has 0 aliphatic heterocycles. The summed E-state index contributed by atoms with van der Waals surface area (Å²) in [5.74, 6) is 1.39. The molecule has 0 saturated heterocycles. The molecule has 0 heterocycles. The fourth-order valence-electron chi connectivity index (χ4n) is 10.2. The molecule has 5 saturated carbocycles. The molecule has 0 bridgehead atoms. The van der Waals surface area contributed by atoms with Crippen molar-refractivity contribution in [2.45, 2.75) is 129 Å². The molecule has 5 rings (SSSR count). The van der Waals surface area contributed by atoms with Gasteiger partial charge in [0.2, 0.25) is 0 Å². The molecule has 0 aromatic heterocycles. The van der Waals surface area contributed by atoms with Crippen LogP contribution in [-0.4, -0.2) is 47.1 Å². The highest BCUT2D eigenvalue weighted by Gasteiger charge is 2.65. The summed E-state index contributed by atoms with van der Waals surface area (Å²) in [5, 5.41) is 23.1. The second-order valence-electron chi connectivity index (χ2n) is 13.9. The van der Waals surface area contributed by atoms with E-state index in [-0.39, 0.29) is 60.0 Å². The molecule has 0 amide bonds. The van der Waals surface area contributed by atoms with Crippen molar-refractivity contribution in [3.8, 4) is 0 Å². The van der Waals surface area contributed by atoms with Gasteiger partial charge in [0, 0.05) is 6.42 Å². The van der Waals surface area contributed by atoms with Crippen LogP contribution in [0.4, 0.5) is 0 Å². The highest BCUT2D eigenvalue weighted by Crippen LogP contribution is 2.68. The van der Waals surface area contributed by atoms with Crippen molar-refractivity contribution in [3.05, 3.63) is 0 Å². The second-order valence-corrected chi connectivity index (χ2v) is 13.9. The third kappa shape index (κ3) is 4.99. The van der Waals surface area contributed by atoms with Crippen LogP contribution in [0.15, 0.2) is 0 Å². The Morgan fingerprint density at radius 1 is 0.919 bits per heavy atom. The Balaban J connectivity index is 1.18. The van der Waals surface area contributed by atoms with Crippen LogP contribution in [0.1, 0.15) is 111 Å². The van der Waals surface area contributed by atoms with E-state index in [1.807, 2.05) is 0 Å². The summed E-state index contributed by atoms with van der Waals surface area (Å²) >= 11 is 0. The zero-order valence-electron chi connectivity index (χ0n) is 23.3. The lowest BCUT2D eigenvalue weighted by Crippen LogP contribution is -2.61. The smallest absolute Gasteiger partial charge is 0.344 e. The van der Waals surface area contributed by atoms with Gasteiger partial charge in [-0.3, -0.25) is 4.79 Å². The van der Waals surface area contributed by atoms with Gasteiger partial charge in [-0.05, 0) is 117 Å². The van der Waals surface area contributed by atoms with E-state index in [0.29, 0.717) is 30.1 Å². The molecule has 5 aliphatic rings. The van der Waals surface area contributed by atoms with Gasteiger partial charge in [0.25, 0.3) is 0 Å². The van der Waals surface area contributed by atoms with Crippen LogP contribution in [0, 0.1) is 46.3 Å². The molecule has 0 spiro atoms. The molecule has 37 heavy (non-hydrogen) atoms. The highest BCUT2D eigenvalue weighted by atomic mass is 16.6. The SMILES string of the molecule is CC(CCC(=O)OCC(=O)OC1CCCC1)C1CCC2C3C(O)CC4CCCCC4(C)C3CC(O)C12C. The number of carbonyl (C=O) groups excluding carboxylic acids is 2. The first-order valence-corrected chi connectivity index (χ1v) is 15.4. The van der Waals surface area contributed by atoms with E-state index >= 15 is 0 Å². The van der Waals surface area contributed by atoms with Gasteiger partial charge >= 0.3 is 11.9 Å². The van der Waals surface area contributed by atoms with E-state index in [1.54, 1.807) is 0 Å². The number of aliphatic hydroxyl groups excluding tert-OH is 2.